The van der Waals surface area contributed by atoms with Gasteiger partial charge in [0.2, 0.25) is 5.91 Å². The van der Waals surface area contributed by atoms with Gasteiger partial charge in [0.1, 0.15) is 0 Å². The molecule has 0 spiro atoms. The van der Waals surface area contributed by atoms with Crippen LogP contribution in [0.3, 0.4) is 0 Å². The summed E-state index contributed by atoms with van der Waals surface area (Å²) in [6.07, 6.45) is 4.71. The Balaban J connectivity index is 1.96. The van der Waals surface area contributed by atoms with Crippen LogP contribution < -0.4 is 11.1 Å². The van der Waals surface area contributed by atoms with Gasteiger partial charge < -0.3 is 16.2 Å². The van der Waals surface area contributed by atoms with E-state index in [9.17, 15) is 19.1 Å². The fourth-order valence-electron chi connectivity index (χ4n) is 3.03. The number of aromatic nitrogens is 1. The van der Waals surface area contributed by atoms with Crippen molar-refractivity contribution in [2.24, 2.45) is 11.7 Å². The maximum atomic E-state index is 14.3. The molecule has 0 saturated heterocycles. The maximum absolute atomic E-state index is 14.3. The highest BCUT2D eigenvalue weighted by atomic mass is 19.1. The number of primary amides is 1. The molecule has 0 aliphatic heterocycles. The highest BCUT2D eigenvalue weighted by molar-refractivity contribution is 5.83. The monoisotopic (exact) mass is 414 g/mol. The van der Waals surface area contributed by atoms with Crippen molar-refractivity contribution in [3.8, 4) is 0 Å². The van der Waals surface area contributed by atoms with Gasteiger partial charge in [0.15, 0.2) is 5.67 Å². The average molecular weight is 415 g/mol. The summed E-state index contributed by atoms with van der Waals surface area (Å²) in [5, 5.41) is 13.2. The zero-order valence-corrected chi connectivity index (χ0v) is 17.1. The zero-order chi connectivity index (χ0) is 22.0. The standard InChI is InChI=1S/C23H29FN3O3/c1-23(24,22(25)30)12-9-19(21(29)27-16-18-10-13-26-14-11-18)15-20(28)8-7-17-5-3-2-4-6-17/h2-6,8,10-11,13-14,19-20,28H,7,9,12,15-16H2,1H3,(H2,25,30)(H,27,29)/t19-,20+,23?/m1/s1. The number of halogens is 1. The minimum atomic E-state index is -2.21. The summed E-state index contributed by atoms with van der Waals surface area (Å²) in [5.41, 5.74) is 4.82. The molecule has 3 atom stereocenters. The molecule has 1 aromatic heterocycles. The lowest BCUT2D eigenvalue weighted by Gasteiger charge is -2.23. The van der Waals surface area contributed by atoms with Crippen molar-refractivity contribution >= 4 is 11.8 Å². The van der Waals surface area contributed by atoms with Gasteiger partial charge in [-0.2, -0.15) is 0 Å². The molecule has 30 heavy (non-hydrogen) atoms. The molecule has 2 rings (SSSR count). The van der Waals surface area contributed by atoms with Gasteiger partial charge in [-0.15, -0.1) is 0 Å². The third-order valence-electron chi connectivity index (χ3n) is 5.06. The normalized spacial score (nSPS) is 15.0. The number of nitrogens with zero attached hydrogens (tertiary/aromatic N) is 1. The largest absolute Gasteiger partial charge is 0.393 e. The molecule has 4 N–H and O–H groups in total. The number of aliphatic hydroxyl groups is 1. The lowest BCUT2D eigenvalue weighted by Crippen LogP contribution is -2.39. The van der Waals surface area contributed by atoms with Crippen LogP contribution in [0, 0.1) is 12.3 Å². The Kier molecular flexibility index (Phi) is 8.92. The van der Waals surface area contributed by atoms with E-state index in [-0.39, 0.29) is 25.2 Å². The van der Waals surface area contributed by atoms with E-state index in [4.69, 9.17) is 5.73 Å². The van der Waals surface area contributed by atoms with Crippen LogP contribution in [0.2, 0.25) is 0 Å². The molecular weight excluding hydrogens is 385 g/mol. The fraction of sp³-hybridized carbons (Fsp3) is 0.391. The first-order chi connectivity index (χ1) is 14.3. The van der Waals surface area contributed by atoms with Crippen molar-refractivity contribution in [2.75, 3.05) is 0 Å². The number of amides is 2. The molecule has 2 amide bonds. The number of hydrogen-bond donors (Lipinski definition) is 3. The summed E-state index contributed by atoms with van der Waals surface area (Å²) in [6, 6.07) is 13.2. The van der Waals surface area contributed by atoms with Crippen LogP contribution in [-0.4, -0.2) is 33.7 Å². The minimum Gasteiger partial charge on any atom is -0.393 e. The summed E-state index contributed by atoms with van der Waals surface area (Å²) in [7, 11) is 0. The molecule has 0 aliphatic rings. The Morgan fingerprint density at radius 1 is 1.20 bits per heavy atom. The average Bonchev–Trinajstić information content (AvgIpc) is 2.74. The van der Waals surface area contributed by atoms with E-state index in [0.717, 1.165) is 18.1 Å². The van der Waals surface area contributed by atoms with E-state index < -0.39 is 23.6 Å². The van der Waals surface area contributed by atoms with Crippen LogP contribution in [0.25, 0.3) is 0 Å². The van der Waals surface area contributed by atoms with Gasteiger partial charge in [-0.25, -0.2) is 4.39 Å². The van der Waals surface area contributed by atoms with E-state index in [2.05, 4.69) is 10.3 Å². The van der Waals surface area contributed by atoms with E-state index in [0.29, 0.717) is 13.0 Å². The molecule has 6 nitrogen and oxygen atoms in total. The van der Waals surface area contributed by atoms with Crippen LogP contribution >= 0.6 is 0 Å². The van der Waals surface area contributed by atoms with Gasteiger partial charge in [-0.3, -0.25) is 14.6 Å². The van der Waals surface area contributed by atoms with Crippen molar-refractivity contribution in [1.29, 1.82) is 0 Å². The lowest BCUT2D eigenvalue weighted by molar-refractivity contribution is -0.131. The van der Waals surface area contributed by atoms with E-state index in [1.54, 1.807) is 30.9 Å². The van der Waals surface area contributed by atoms with Crippen molar-refractivity contribution in [3.63, 3.8) is 0 Å². The number of aliphatic hydroxyl groups excluding tert-OH is 1. The second kappa shape index (κ2) is 11.4. The van der Waals surface area contributed by atoms with Gasteiger partial charge >= 0.3 is 0 Å². The molecule has 0 aliphatic carbocycles. The Hall–Kier alpha value is -2.80. The van der Waals surface area contributed by atoms with Crippen LogP contribution in [0.15, 0.2) is 54.9 Å². The molecule has 7 heteroatoms. The molecule has 0 fully saturated rings. The molecular formula is C23H29FN3O3. The predicted molar refractivity (Wildman–Crippen MR) is 113 cm³/mol. The Morgan fingerprint density at radius 3 is 2.50 bits per heavy atom. The molecule has 1 aromatic carbocycles. The number of rotatable bonds is 12. The third-order valence-corrected chi connectivity index (χ3v) is 5.06. The maximum Gasteiger partial charge on any atom is 0.254 e. The molecule has 1 unspecified atom stereocenters. The number of carbonyl (C=O) groups excluding carboxylic acids is 2. The highest BCUT2D eigenvalue weighted by Crippen LogP contribution is 2.24. The van der Waals surface area contributed by atoms with Crippen molar-refractivity contribution in [3.05, 3.63) is 72.4 Å². The number of alkyl halides is 1. The number of hydrogen-bond acceptors (Lipinski definition) is 4. The van der Waals surface area contributed by atoms with Gasteiger partial charge in [0.05, 0.1) is 6.10 Å². The van der Waals surface area contributed by atoms with E-state index in [1.165, 1.54) is 0 Å². The first-order valence-electron chi connectivity index (χ1n) is 9.98. The number of nitrogens with two attached hydrogens (primary N) is 1. The third kappa shape index (κ3) is 7.91. The SMILES string of the molecule is CC(F)(CC[C@H](C[C@@H](O)[CH]Cc1ccccc1)C(=O)NCc1ccncc1)C(N)=O. The van der Waals surface area contributed by atoms with Gasteiger partial charge in [0, 0.05) is 24.9 Å². The Labute approximate surface area is 176 Å². The van der Waals surface area contributed by atoms with E-state index >= 15 is 0 Å². The molecule has 161 valence electrons. The molecule has 1 heterocycles. The summed E-state index contributed by atoms with van der Waals surface area (Å²) < 4.78 is 14.3. The molecule has 0 bridgehead atoms. The van der Waals surface area contributed by atoms with Gasteiger partial charge in [-0.1, -0.05) is 30.3 Å². The van der Waals surface area contributed by atoms with Crippen LogP contribution in [0.1, 0.15) is 37.3 Å². The number of nitrogens with one attached hydrogen (secondary N) is 1. The minimum absolute atomic E-state index is 0.0916. The zero-order valence-electron chi connectivity index (χ0n) is 17.1. The van der Waals surface area contributed by atoms with Gasteiger partial charge in [0.25, 0.3) is 5.91 Å². The fourth-order valence-corrected chi connectivity index (χ4v) is 3.03. The van der Waals surface area contributed by atoms with Crippen molar-refractivity contribution in [2.45, 2.75) is 50.9 Å². The topological polar surface area (TPSA) is 105 Å². The molecule has 0 saturated carbocycles. The molecule has 1 radical (unpaired) electrons. The first-order valence-corrected chi connectivity index (χ1v) is 9.98. The van der Waals surface area contributed by atoms with Gasteiger partial charge in [-0.05, 0) is 62.3 Å². The second-order valence-electron chi connectivity index (χ2n) is 7.60. The van der Waals surface area contributed by atoms with Crippen molar-refractivity contribution < 1.29 is 19.1 Å². The Bertz CT molecular complexity index is 800. The number of benzene rings is 1. The quantitative estimate of drug-likeness (QED) is 0.496. The predicted octanol–water partition coefficient (Wildman–Crippen LogP) is 2.51. The van der Waals surface area contributed by atoms with Crippen LogP contribution in [-0.2, 0) is 22.6 Å². The summed E-state index contributed by atoms with van der Waals surface area (Å²) in [5.74, 6) is -2.03. The highest BCUT2D eigenvalue weighted by Gasteiger charge is 2.33. The van der Waals surface area contributed by atoms with Crippen LogP contribution in [0.4, 0.5) is 4.39 Å². The van der Waals surface area contributed by atoms with Crippen LogP contribution in [0.5, 0.6) is 0 Å². The lowest BCUT2D eigenvalue weighted by atomic mass is 9.88. The summed E-state index contributed by atoms with van der Waals surface area (Å²) in [4.78, 5) is 27.9. The summed E-state index contributed by atoms with van der Waals surface area (Å²) >= 11 is 0. The number of carbonyl (C=O) groups is 2. The summed E-state index contributed by atoms with van der Waals surface area (Å²) in [6.45, 7) is 1.41. The Morgan fingerprint density at radius 2 is 1.87 bits per heavy atom. The smallest absolute Gasteiger partial charge is 0.254 e. The second-order valence-corrected chi connectivity index (χ2v) is 7.60. The number of pyridine rings is 1. The molecule has 2 aromatic rings. The first kappa shape index (κ1) is 23.5. The van der Waals surface area contributed by atoms with E-state index in [1.807, 2.05) is 30.3 Å². The van der Waals surface area contributed by atoms with Crippen molar-refractivity contribution in [1.82, 2.24) is 10.3 Å².